The Morgan fingerprint density at radius 3 is 2.58 bits per heavy atom. The summed E-state index contributed by atoms with van der Waals surface area (Å²) in [5.41, 5.74) is 0. The van der Waals surface area contributed by atoms with Gasteiger partial charge in [0.15, 0.2) is 6.61 Å². The van der Waals surface area contributed by atoms with Gasteiger partial charge in [0.25, 0.3) is 5.91 Å². The van der Waals surface area contributed by atoms with Crippen LogP contribution >= 0.6 is 23.2 Å². The minimum atomic E-state index is -0.352. The Hall–Kier alpha value is -1.50. The third kappa shape index (κ3) is 7.38. The molecule has 0 radical (unpaired) electrons. The molecule has 0 aromatic heterocycles. The van der Waals surface area contributed by atoms with Gasteiger partial charge >= 0.3 is 5.97 Å². The average molecular weight is 378 g/mol. The Bertz CT molecular complexity index is 553. The fourth-order valence-electron chi connectivity index (χ4n) is 1.85. The standard InChI is InChI=1S/C16H21Cl2NO5/c1-3-23-16(21)6-7-19(8-9-22-2)15(20)11-24-14-5-4-12(17)10-13(14)18/h4-5,10H,3,6-9,11H2,1-2H3. The first-order valence-electron chi connectivity index (χ1n) is 7.48. The SMILES string of the molecule is CCOC(=O)CCN(CCOC)C(=O)COc1ccc(Cl)cc1Cl. The molecule has 0 aliphatic heterocycles. The first-order chi connectivity index (χ1) is 11.5. The van der Waals surface area contributed by atoms with Crippen LogP contribution in [0.4, 0.5) is 0 Å². The van der Waals surface area contributed by atoms with Crippen molar-refractivity contribution in [3.63, 3.8) is 0 Å². The molecule has 1 aromatic rings. The van der Waals surface area contributed by atoms with Crippen molar-refractivity contribution in [3.05, 3.63) is 28.2 Å². The molecule has 1 aromatic carbocycles. The van der Waals surface area contributed by atoms with Gasteiger partial charge in [0.2, 0.25) is 0 Å². The van der Waals surface area contributed by atoms with Gasteiger partial charge in [-0.2, -0.15) is 0 Å². The lowest BCUT2D eigenvalue weighted by molar-refractivity contribution is -0.144. The van der Waals surface area contributed by atoms with Crippen molar-refractivity contribution in [2.45, 2.75) is 13.3 Å². The van der Waals surface area contributed by atoms with E-state index in [1.807, 2.05) is 0 Å². The van der Waals surface area contributed by atoms with E-state index >= 15 is 0 Å². The molecule has 0 saturated carbocycles. The van der Waals surface area contributed by atoms with Gasteiger partial charge in [0.1, 0.15) is 5.75 Å². The van der Waals surface area contributed by atoms with Crippen LogP contribution in [0.15, 0.2) is 18.2 Å². The quantitative estimate of drug-likeness (QED) is 0.586. The van der Waals surface area contributed by atoms with Gasteiger partial charge in [-0.15, -0.1) is 0 Å². The fourth-order valence-corrected chi connectivity index (χ4v) is 2.31. The Kier molecular flexibility index (Phi) is 9.52. The van der Waals surface area contributed by atoms with Gasteiger partial charge in [0.05, 0.1) is 24.7 Å². The molecular formula is C16H21Cl2NO5. The lowest BCUT2D eigenvalue weighted by Crippen LogP contribution is -2.38. The molecule has 0 saturated heterocycles. The highest BCUT2D eigenvalue weighted by Crippen LogP contribution is 2.27. The van der Waals surface area contributed by atoms with Crippen LogP contribution in [-0.2, 0) is 19.1 Å². The molecule has 0 atom stereocenters. The molecule has 0 aliphatic rings. The summed E-state index contributed by atoms with van der Waals surface area (Å²) in [6, 6.07) is 4.75. The van der Waals surface area contributed by atoms with Crippen LogP contribution < -0.4 is 4.74 Å². The largest absolute Gasteiger partial charge is 0.482 e. The molecule has 1 amide bonds. The van der Waals surface area contributed by atoms with Crippen LogP contribution in [0.25, 0.3) is 0 Å². The summed E-state index contributed by atoms with van der Waals surface area (Å²) >= 11 is 11.8. The van der Waals surface area contributed by atoms with Gasteiger partial charge in [-0.05, 0) is 25.1 Å². The van der Waals surface area contributed by atoms with Crippen molar-refractivity contribution < 1.29 is 23.8 Å². The first-order valence-corrected chi connectivity index (χ1v) is 8.23. The molecule has 8 heteroatoms. The van der Waals surface area contributed by atoms with Crippen molar-refractivity contribution in [2.75, 3.05) is 40.0 Å². The van der Waals surface area contributed by atoms with Crippen LogP contribution in [0.2, 0.25) is 10.0 Å². The number of methoxy groups -OCH3 is 1. The Morgan fingerprint density at radius 1 is 1.21 bits per heavy atom. The topological polar surface area (TPSA) is 65.1 Å². The summed E-state index contributed by atoms with van der Waals surface area (Å²) in [4.78, 5) is 25.2. The maximum Gasteiger partial charge on any atom is 0.307 e. The second-order valence-electron chi connectivity index (χ2n) is 4.79. The number of hydrogen-bond donors (Lipinski definition) is 0. The molecule has 0 heterocycles. The Balaban J connectivity index is 2.57. The van der Waals surface area contributed by atoms with E-state index in [4.69, 9.17) is 37.4 Å². The molecule has 6 nitrogen and oxygen atoms in total. The van der Waals surface area contributed by atoms with Gasteiger partial charge < -0.3 is 19.1 Å². The van der Waals surface area contributed by atoms with Crippen molar-refractivity contribution in [1.29, 1.82) is 0 Å². The maximum absolute atomic E-state index is 12.3. The Labute approximate surface area is 151 Å². The van der Waals surface area contributed by atoms with Gasteiger partial charge in [-0.25, -0.2) is 0 Å². The summed E-state index contributed by atoms with van der Waals surface area (Å²) in [5.74, 6) is -0.261. The van der Waals surface area contributed by atoms with Crippen LogP contribution in [0.1, 0.15) is 13.3 Å². The van der Waals surface area contributed by atoms with Crippen molar-refractivity contribution in [2.24, 2.45) is 0 Å². The van der Waals surface area contributed by atoms with E-state index < -0.39 is 0 Å². The number of rotatable bonds is 10. The number of hydrogen-bond acceptors (Lipinski definition) is 5. The van der Waals surface area contributed by atoms with Crippen LogP contribution in [0, 0.1) is 0 Å². The van der Waals surface area contributed by atoms with E-state index in [0.717, 1.165) is 0 Å². The summed E-state index contributed by atoms with van der Waals surface area (Å²) in [6.45, 7) is 2.79. The van der Waals surface area contributed by atoms with Crippen LogP contribution in [0.3, 0.4) is 0 Å². The minimum Gasteiger partial charge on any atom is -0.482 e. The predicted molar refractivity (Wildman–Crippen MR) is 91.7 cm³/mol. The highest BCUT2D eigenvalue weighted by Gasteiger charge is 2.16. The third-order valence-electron chi connectivity index (χ3n) is 3.05. The zero-order valence-electron chi connectivity index (χ0n) is 13.7. The number of halogens is 2. The molecule has 0 bridgehead atoms. The average Bonchev–Trinajstić information content (AvgIpc) is 2.54. The second kappa shape index (κ2) is 11.1. The van der Waals surface area contributed by atoms with E-state index in [-0.39, 0.29) is 31.4 Å². The molecule has 24 heavy (non-hydrogen) atoms. The number of amides is 1. The summed E-state index contributed by atoms with van der Waals surface area (Å²) < 4.78 is 15.3. The minimum absolute atomic E-state index is 0.116. The fraction of sp³-hybridized carbons (Fsp3) is 0.500. The number of carbonyl (C=O) groups is 2. The van der Waals surface area contributed by atoms with E-state index in [0.29, 0.717) is 35.6 Å². The molecule has 1 rings (SSSR count). The summed E-state index contributed by atoms with van der Waals surface area (Å²) in [6.07, 6.45) is 0.116. The zero-order chi connectivity index (χ0) is 17.9. The van der Waals surface area contributed by atoms with Crippen LogP contribution in [-0.4, -0.2) is 56.8 Å². The molecule has 0 N–H and O–H groups in total. The zero-order valence-corrected chi connectivity index (χ0v) is 15.2. The molecule has 0 unspecified atom stereocenters. The van der Waals surface area contributed by atoms with E-state index in [1.165, 1.54) is 18.1 Å². The van der Waals surface area contributed by atoms with Gasteiger partial charge in [-0.1, -0.05) is 23.2 Å². The first kappa shape index (κ1) is 20.5. The lowest BCUT2D eigenvalue weighted by Gasteiger charge is -2.22. The van der Waals surface area contributed by atoms with Crippen LogP contribution in [0.5, 0.6) is 5.75 Å². The summed E-state index contributed by atoms with van der Waals surface area (Å²) in [7, 11) is 1.54. The van der Waals surface area contributed by atoms with Crippen molar-refractivity contribution in [3.8, 4) is 5.75 Å². The summed E-state index contributed by atoms with van der Waals surface area (Å²) in [5, 5.41) is 0.806. The van der Waals surface area contributed by atoms with E-state index in [2.05, 4.69) is 0 Å². The van der Waals surface area contributed by atoms with E-state index in [1.54, 1.807) is 19.1 Å². The number of nitrogens with zero attached hydrogens (tertiary/aromatic N) is 1. The van der Waals surface area contributed by atoms with Crippen molar-refractivity contribution >= 4 is 35.1 Å². The molecular weight excluding hydrogens is 357 g/mol. The second-order valence-corrected chi connectivity index (χ2v) is 5.64. The normalized spacial score (nSPS) is 10.3. The molecule has 0 spiro atoms. The predicted octanol–water partition coefficient (Wildman–Crippen LogP) is 2.80. The number of benzene rings is 1. The van der Waals surface area contributed by atoms with Gasteiger partial charge in [0, 0.05) is 25.2 Å². The van der Waals surface area contributed by atoms with Gasteiger partial charge in [-0.3, -0.25) is 9.59 Å². The number of ether oxygens (including phenoxy) is 3. The molecule has 134 valence electrons. The molecule has 0 fully saturated rings. The number of esters is 1. The van der Waals surface area contributed by atoms with Crippen molar-refractivity contribution in [1.82, 2.24) is 4.90 Å². The highest BCUT2D eigenvalue weighted by molar-refractivity contribution is 6.35. The Morgan fingerprint density at radius 2 is 1.96 bits per heavy atom. The monoisotopic (exact) mass is 377 g/mol. The van der Waals surface area contributed by atoms with E-state index in [9.17, 15) is 9.59 Å². The maximum atomic E-state index is 12.3. The number of carbonyl (C=O) groups excluding carboxylic acids is 2. The highest BCUT2D eigenvalue weighted by atomic mass is 35.5. The molecule has 0 aliphatic carbocycles. The smallest absolute Gasteiger partial charge is 0.307 e. The lowest BCUT2D eigenvalue weighted by atomic mass is 10.3. The third-order valence-corrected chi connectivity index (χ3v) is 3.58.